The highest BCUT2D eigenvalue weighted by Crippen LogP contribution is 2.36. The summed E-state index contributed by atoms with van der Waals surface area (Å²) in [6, 6.07) is 1.78. The van der Waals surface area contributed by atoms with E-state index in [1.54, 1.807) is 0 Å². The van der Waals surface area contributed by atoms with Crippen LogP contribution >= 0.6 is 31.9 Å². The van der Waals surface area contributed by atoms with Crippen molar-refractivity contribution >= 4 is 37.6 Å². The van der Waals surface area contributed by atoms with Gasteiger partial charge in [0.1, 0.15) is 0 Å². The molecule has 0 atom stereocenters. The van der Waals surface area contributed by atoms with Gasteiger partial charge >= 0.3 is 6.18 Å². The van der Waals surface area contributed by atoms with Crippen molar-refractivity contribution in [3.05, 3.63) is 32.2 Å². The van der Waals surface area contributed by atoms with Crippen molar-refractivity contribution in [3.63, 3.8) is 0 Å². The zero-order valence-electron chi connectivity index (χ0n) is 7.45. The second kappa shape index (κ2) is 4.25. The van der Waals surface area contributed by atoms with E-state index in [0.717, 1.165) is 12.1 Å². The molecule has 0 saturated carbocycles. The van der Waals surface area contributed by atoms with E-state index in [2.05, 4.69) is 31.9 Å². The molecule has 0 bridgehead atoms. The zero-order chi connectivity index (χ0) is 11.8. The number of carbonyl (C=O) groups is 1. The first-order valence-electron chi connectivity index (χ1n) is 3.80. The molecule has 0 amide bonds. The average Bonchev–Trinajstić information content (AvgIpc) is 1.99. The maximum Gasteiger partial charge on any atom is 0.416 e. The van der Waals surface area contributed by atoms with Crippen LogP contribution in [0.3, 0.4) is 0 Å². The summed E-state index contributed by atoms with van der Waals surface area (Å²) in [5.41, 5.74) is -0.589. The Morgan fingerprint density at radius 2 is 1.60 bits per heavy atom. The maximum atomic E-state index is 12.4. The van der Waals surface area contributed by atoms with Gasteiger partial charge in [-0.3, -0.25) is 4.79 Å². The van der Waals surface area contributed by atoms with Crippen molar-refractivity contribution in [2.75, 3.05) is 0 Å². The minimum Gasteiger partial charge on any atom is -0.294 e. The lowest BCUT2D eigenvalue weighted by molar-refractivity contribution is -0.137. The molecule has 0 aliphatic carbocycles. The molecule has 0 spiro atoms. The molecule has 1 aromatic rings. The Kier molecular flexibility index (Phi) is 3.60. The summed E-state index contributed by atoms with van der Waals surface area (Å²) in [7, 11) is 0. The van der Waals surface area contributed by atoms with Crippen LogP contribution in [0.4, 0.5) is 13.2 Å². The standard InChI is InChI=1S/C9H5Br2F3O/c1-4(15)8-6(10)2-5(3-7(8)11)9(12,13)14/h2-3H,1H3. The maximum absolute atomic E-state index is 12.4. The molecular formula is C9H5Br2F3O. The Labute approximate surface area is 101 Å². The number of alkyl halides is 3. The van der Waals surface area contributed by atoms with Gasteiger partial charge in [-0.2, -0.15) is 13.2 Å². The summed E-state index contributed by atoms with van der Waals surface area (Å²) < 4.78 is 37.3. The number of Topliss-reactive ketones (excluding diaryl/α,β-unsaturated/α-hetero) is 1. The number of halogens is 5. The number of rotatable bonds is 1. The largest absolute Gasteiger partial charge is 0.416 e. The SMILES string of the molecule is CC(=O)c1c(Br)cc(C(F)(F)F)cc1Br. The lowest BCUT2D eigenvalue weighted by Gasteiger charge is -2.10. The molecule has 15 heavy (non-hydrogen) atoms. The van der Waals surface area contributed by atoms with E-state index in [4.69, 9.17) is 0 Å². The van der Waals surface area contributed by atoms with Gasteiger partial charge < -0.3 is 0 Å². The minimum atomic E-state index is -4.42. The second-order valence-electron chi connectivity index (χ2n) is 2.87. The van der Waals surface area contributed by atoms with Gasteiger partial charge in [-0.1, -0.05) is 0 Å². The van der Waals surface area contributed by atoms with Crippen LogP contribution in [0.25, 0.3) is 0 Å². The van der Waals surface area contributed by atoms with E-state index >= 15 is 0 Å². The Morgan fingerprint density at radius 1 is 1.20 bits per heavy atom. The molecule has 0 saturated heterocycles. The molecule has 0 N–H and O–H groups in total. The van der Waals surface area contributed by atoms with Crippen LogP contribution in [0.1, 0.15) is 22.8 Å². The molecule has 0 aliphatic rings. The Morgan fingerprint density at radius 3 is 1.87 bits per heavy atom. The van der Waals surface area contributed by atoms with E-state index < -0.39 is 11.7 Å². The predicted molar refractivity (Wildman–Crippen MR) is 56.8 cm³/mol. The number of carbonyl (C=O) groups excluding carboxylic acids is 1. The third-order valence-corrected chi connectivity index (χ3v) is 2.97. The predicted octanol–water partition coefficient (Wildman–Crippen LogP) is 4.43. The quantitative estimate of drug-likeness (QED) is 0.688. The summed E-state index contributed by atoms with van der Waals surface area (Å²) in [6.07, 6.45) is -4.42. The summed E-state index contributed by atoms with van der Waals surface area (Å²) in [5, 5.41) is 0. The molecule has 0 fully saturated rings. The van der Waals surface area contributed by atoms with E-state index in [9.17, 15) is 18.0 Å². The minimum absolute atomic E-state index is 0.136. The number of hydrogen-bond acceptors (Lipinski definition) is 1. The number of benzene rings is 1. The van der Waals surface area contributed by atoms with E-state index in [1.807, 2.05) is 0 Å². The molecular weight excluding hydrogens is 341 g/mol. The van der Waals surface area contributed by atoms with E-state index in [-0.39, 0.29) is 20.3 Å². The third-order valence-electron chi connectivity index (χ3n) is 1.72. The van der Waals surface area contributed by atoms with Crippen LogP contribution in [-0.2, 0) is 6.18 Å². The fraction of sp³-hybridized carbons (Fsp3) is 0.222. The van der Waals surface area contributed by atoms with Crippen LogP contribution in [-0.4, -0.2) is 5.78 Å². The van der Waals surface area contributed by atoms with Crippen LogP contribution in [0.5, 0.6) is 0 Å². The Hall–Kier alpha value is -0.360. The Bertz CT molecular complexity index is 389. The monoisotopic (exact) mass is 344 g/mol. The van der Waals surface area contributed by atoms with Gasteiger partial charge in [-0.25, -0.2) is 0 Å². The summed E-state index contributed by atoms with van der Waals surface area (Å²) in [5.74, 6) is -0.303. The number of ketones is 1. The molecule has 1 rings (SSSR count). The van der Waals surface area contributed by atoms with Gasteiger partial charge in [0.15, 0.2) is 5.78 Å². The lowest BCUT2D eigenvalue weighted by atomic mass is 10.1. The molecule has 0 heterocycles. The summed E-state index contributed by atoms with van der Waals surface area (Å²) >= 11 is 5.88. The van der Waals surface area contributed by atoms with E-state index in [1.165, 1.54) is 6.92 Å². The third kappa shape index (κ3) is 2.81. The molecule has 1 nitrogen and oxygen atoms in total. The summed E-state index contributed by atoms with van der Waals surface area (Å²) in [4.78, 5) is 11.1. The van der Waals surface area contributed by atoms with E-state index in [0.29, 0.717) is 0 Å². The van der Waals surface area contributed by atoms with Crippen LogP contribution in [0.15, 0.2) is 21.1 Å². The summed E-state index contributed by atoms with van der Waals surface area (Å²) in [6.45, 7) is 1.29. The Balaban J connectivity index is 3.39. The highest BCUT2D eigenvalue weighted by molar-refractivity contribution is 9.11. The average molecular weight is 346 g/mol. The zero-order valence-corrected chi connectivity index (χ0v) is 10.6. The smallest absolute Gasteiger partial charge is 0.294 e. The highest BCUT2D eigenvalue weighted by Gasteiger charge is 2.32. The molecule has 0 unspecified atom stereocenters. The van der Waals surface area contributed by atoms with Gasteiger partial charge in [0.2, 0.25) is 0 Å². The van der Waals surface area contributed by atoms with Crippen molar-refractivity contribution in [2.24, 2.45) is 0 Å². The highest BCUT2D eigenvalue weighted by atomic mass is 79.9. The van der Waals surface area contributed by atoms with Crippen LogP contribution in [0, 0.1) is 0 Å². The van der Waals surface area contributed by atoms with Crippen molar-refractivity contribution in [2.45, 2.75) is 13.1 Å². The normalized spacial score (nSPS) is 11.6. The molecule has 0 aliphatic heterocycles. The second-order valence-corrected chi connectivity index (χ2v) is 4.58. The first kappa shape index (κ1) is 12.7. The van der Waals surface area contributed by atoms with Crippen molar-refractivity contribution in [3.8, 4) is 0 Å². The molecule has 82 valence electrons. The van der Waals surface area contributed by atoms with Gasteiger partial charge in [0, 0.05) is 14.5 Å². The van der Waals surface area contributed by atoms with Gasteiger partial charge in [0.05, 0.1) is 5.56 Å². The van der Waals surface area contributed by atoms with Crippen LogP contribution < -0.4 is 0 Å². The van der Waals surface area contributed by atoms with Crippen molar-refractivity contribution in [1.29, 1.82) is 0 Å². The van der Waals surface area contributed by atoms with Crippen LogP contribution in [0.2, 0.25) is 0 Å². The fourth-order valence-corrected chi connectivity index (χ4v) is 2.82. The first-order valence-corrected chi connectivity index (χ1v) is 5.39. The first-order chi connectivity index (χ1) is 6.73. The molecule has 0 aromatic heterocycles. The van der Waals surface area contributed by atoms with Crippen molar-refractivity contribution < 1.29 is 18.0 Å². The topological polar surface area (TPSA) is 17.1 Å². The van der Waals surface area contributed by atoms with Gasteiger partial charge in [-0.05, 0) is 50.9 Å². The molecule has 6 heteroatoms. The fourth-order valence-electron chi connectivity index (χ4n) is 1.07. The molecule has 1 aromatic carbocycles. The number of hydrogen-bond donors (Lipinski definition) is 0. The van der Waals surface area contributed by atoms with Gasteiger partial charge in [0.25, 0.3) is 0 Å². The molecule has 0 radical (unpaired) electrons. The lowest BCUT2D eigenvalue weighted by Crippen LogP contribution is -2.07. The van der Waals surface area contributed by atoms with Crippen molar-refractivity contribution in [1.82, 2.24) is 0 Å². The van der Waals surface area contributed by atoms with Gasteiger partial charge in [-0.15, -0.1) is 0 Å².